The second-order valence-electron chi connectivity index (χ2n) is 9.59. The molecule has 2 heterocycles. The predicted octanol–water partition coefficient (Wildman–Crippen LogP) is 5.80. The maximum absolute atomic E-state index is 5.92. The summed E-state index contributed by atoms with van der Waals surface area (Å²) in [5, 5.41) is 3.52. The molecule has 5 heteroatoms. The third-order valence-electron chi connectivity index (χ3n) is 6.96. The van der Waals surface area contributed by atoms with Crippen LogP contribution in [0.1, 0.15) is 52.0 Å². The number of aliphatic imine (C=N–C) groups is 1. The van der Waals surface area contributed by atoms with E-state index in [4.69, 9.17) is 10.7 Å². The van der Waals surface area contributed by atoms with Gasteiger partial charge in [-0.25, -0.2) is 9.98 Å². The van der Waals surface area contributed by atoms with E-state index in [1.165, 1.54) is 24.9 Å². The van der Waals surface area contributed by atoms with E-state index in [-0.39, 0.29) is 5.41 Å². The number of aromatic nitrogens is 1. The van der Waals surface area contributed by atoms with Crippen molar-refractivity contribution in [3.8, 4) is 11.3 Å². The van der Waals surface area contributed by atoms with Gasteiger partial charge in [0, 0.05) is 30.9 Å². The molecule has 0 saturated carbocycles. The largest absolute Gasteiger partial charge is 0.382 e. The molecular formula is C26H39N5. The van der Waals surface area contributed by atoms with Gasteiger partial charge in [-0.1, -0.05) is 32.9 Å². The van der Waals surface area contributed by atoms with Gasteiger partial charge in [0.15, 0.2) is 5.82 Å². The van der Waals surface area contributed by atoms with Gasteiger partial charge < -0.3 is 16.0 Å². The number of nitrogens with two attached hydrogens (primary N) is 1. The van der Waals surface area contributed by atoms with Crippen molar-refractivity contribution in [2.75, 3.05) is 36.4 Å². The molecule has 0 spiro atoms. The zero-order chi connectivity index (χ0) is 22.4. The number of aryl methyl sites for hydroxylation is 1. The summed E-state index contributed by atoms with van der Waals surface area (Å²) in [6.45, 7) is 16.4. The second kappa shape index (κ2) is 10.3. The Morgan fingerprint density at radius 3 is 2.48 bits per heavy atom. The van der Waals surface area contributed by atoms with Crippen molar-refractivity contribution >= 4 is 23.9 Å². The molecule has 1 aromatic heterocycles. The lowest BCUT2D eigenvalue weighted by Crippen LogP contribution is -2.31. The van der Waals surface area contributed by atoms with Gasteiger partial charge in [-0.2, -0.15) is 0 Å². The molecule has 1 unspecified atom stereocenters. The molecule has 1 aromatic carbocycles. The fraction of sp³-hybridized carbons (Fsp3) is 0.538. The lowest BCUT2D eigenvalue weighted by molar-refractivity contribution is 0.232. The van der Waals surface area contributed by atoms with Crippen LogP contribution in [0.4, 0.5) is 17.2 Å². The summed E-state index contributed by atoms with van der Waals surface area (Å²) in [6, 6.07) is 10.9. The third kappa shape index (κ3) is 5.65. The van der Waals surface area contributed by atoms with Gasteiger partial charge >= 0.3 is 0 Å². The Morgan fingerprint density at radius 1 is 1.19 bits per heavy atom. The number of piperidine rings is 1. The summed E-state index contributed by atoms with van der Waals surface area (Å²) in [5.74, 6) is 1.18. The first-order chi connectivity index (χ1) is 14.9. The smallest absolute Gasteiger partial charge is 0.175 e. The molecule has 0 amide bonds. The minimum absolute atomic E-state index is 0.138. The topological polar surface area (TPSA) is 66.5 Å². The minimum atomic E-state index is 0.138. The van der Waals surface area contributed by atoms with E-state index in [0.717, 1.165) is 48.6 Å². The van der Waals surface area contributed by atoms with Crippen molar-refractivity contribution in [1.82, 2.24) is 4.98 Å². The molecule has 1 fully saturated rings. The number of hydrogen-bond donors (Lipinski definition) is 2. The summed E-state index contributed by atoms with van der Waals surface area (Å²) in [4.78, 5) is 11.5. The average Bonchev–Trinajstić information content (AvgIpc) is 2.80. The standard InChI is InChI=1S/C26H39N5/c1-19-17-23(29-14-13-20(2)26(3,4)18-27)25(28-5)30-24(19)21-9-11-22(12-10-21)31-15-7-6-8-16-31/h9-12,17,20,29H,5-8,13-16,18,27H2,1-4H3. The number of benzene rings is 1. The van der Waals surface area contributed by atoms with E-state index in [1.54, 1.807) is 0 Å². The number of rotatable bonds is 9. The molecule has 5 nitrogen and oxygen atoms in total. The van der Waals surface area contributed by atoms with Gasteiger partial charge in [-0.05, 0) is 81.0 Å². The zero-order valence-corrected chi connectivity index (χ0v) is 19.7. The monoisotopic (exact) mass is 421 g/mol. The molecule has 0 aliphatic carbocycles. The Hall–Kier alpha value is -2.40. The van der Waals surface area contributed by atoms with E-state index in [1.807, 2.05) is 0 Å². The molecule has 2 aromatic rings. The van der Waals surface area contributed by atoms with Crippen molar-refractivity contribution in [2.24, 2.45) is 22.1 Å². The van der Waals surface area contributed by atoms with Crippen molar-refractivity contribution in [2.45, 2.75) is 53.4 Å². The molecule has 0 bridgehead atoms. The van der Waals surface area contributed by atoms with Crippen LogP contribution in [0.15, 0.2) is 35.3 Å². The Morgan fingerprint density at radius 2 is 1.87 bits per heavy atom. The van der Waals surface area contributed by atoms with Crippen LogP contribution in [-0.2, 0) is 0 Å². The van der Waals surface area contributed by atoms with Gasteiger partial charge in [0.1, 0.15) is 0 Å². The average molecular weight is 422 g/mol. The molecule has 3 N–H and O–H groups in total. The Labute approximate surface area is 188 Å². The highest BCUT2D eigenvalue weighted by molar-refractivity contribution is 5.74. The highest BCUT2D eigenvalue weighted by Gasteiger charge is 2.23. The summed E-state index contributed by atoms with van der Waals surface area (Å²) >= 11 is 0. The quantitative estimate of drug-likeness (QED) is 0.502. The van der Waals surface area contributed by atoms with E-state index in [0.29, 0.717) is 18.3 Å². The van der Waals surface area contributed by atoms with Gasteiger partial charge in [0.25, 0.3) is 0 Å². The normalized spacial score (nSPS) is 15.6. The van der Waals surface area contributed by atoms with Crippen LogP contribution in [0.2, 0.25) is 0 Å². The molecule has 3 rings (SSSR count). The molecule has 31 heavy (non-hydrogen) atoms. The summed E-state index contributed by atoms with van der Waals surface area (Å²) in [7, 11) is 0. The summed E-state index contributed by atoms with van der Waals surface area (Å²) in [6.07, 6.45) is 4.96. The first-order valence-electron chi connectivity index (χ1n) is 11.6. The summed E-state index contributed by atoms with van der Waals surface area (Å²) < 4.78 is 0. The molecule has 0 radical (unpaired) electrons. The van der Waals surface area contributed by atoms with E-state index >= 15 is 0 Å². The SMILES string of the molecule is C=Nc1nc(-c2ccc(N3CCCCC3)cc2)c(C)cc1NCCC(C)C(C)(C)CN. The second-order valence-corrected chi connectivity index (χ2v) is 9.59. The maximum Gasteiger partial charge on any atom is 0.175 e. The number of nitrogens with zero attached hydrogens (tertiary/aromatic N) is 3. The highest BCUT2D eigenvalue weighted by Crippen LogP contribution is 2.33. The Balaban J connectivity index is 1.72. The molecular weight excluding hydrogens is 382 g/mol. The van der Waals surface area contributed by atoms with Crippen LogP contribution < -0.4 is 16.0 Å². The Kier molecular flexibility index (Phi) is 7.71. The first-order valence-corrected chi connectivity index (χ1v) is 11.6. The van der Waals surface area contributed by atoms with E-state index in [2.05, 4.69) is 80.0 Å². The Bertz CT molecular complexity index is 866. The van der Waals surface area contributed by atoms with Crippen LogP contribution in [-0.4, -0.2) is 37.9 Å². The van der Waals surface area contributed by atoms with Crippen LogP contribution in [0.25, 0.3) is 11.3 Å². The van der Waals surface area contributed by atoms with Gasteiger partial charge in [-0.3, -0.25) is 0 Å². The van der Waals surface area contributed by atoms with Crippen LogP contribution in [0, 0.1) is 18.3 Å². The molecule has 1 aliphatic rings. The lowest BCUT2D eigenvalue weighted by Gasteiger charge is -2.30. The van der Waals surface area contributed by atoms with Crippen LogP contribution in [0.3, 0.4) is 0 Å². The maximum atomic E-state index is 5.92. The highest BCUT2D eigenvalue weighted by atomic mass is 15.1. The van der Waals surface area contributed by atoms with E-state index < -0.39 is 0 Å². The van der Waals surface area contributed by atoms with E-state index in [9.17, 15) is 0 Å². The zero-order valence-electron chi connectivity index (χ0n) is 19.7. The number of pyridine rings is 1. The lowest BCUT2D eigenvalue weighted by atomic mass is 9.78. The number of anilines is 2. The van der Waals surface area contributed by atoms with Crippen LogP contribution >= 0.6 is 0 Å². The molecule has 1 aliphatic heterocycles. The van der Waals surface area contributed by atoms with Gasteiger partial charge in [-0.15, -0.1) is 0 Å². The first kappa shape index (κ1) is 23.3. The molecule has 1 atom stereocenters. The number of hydrogen-bond acceptors (Lipinski definition) is 5. The van der Waals surface area contributed by atoms with Crippen molar-refractivity contribution in [1.29, 1.82) is 0 Å². The van der Waals surface area contributed by atoms with Crippen molar-refractivity contribution < 1.29 is 0 Å². The number of nitrogens with one attached hydrogen (secondary N) is 1. The van der Waals surface area contributed by atoms with Crippen molar-refractivity contribution in [3.05, 3.63) is 35.9 Å². The van der Waals surface area contributed by atoms with Crippen molar-refractivity contribution in [3.63, 3.8) is 0 Å². The fourth-order valence-corrected chi connectivity index (χ4v) is 4.14. The van der Waals surface area contributed by atoms with Crippen LogP contribution in [0.5, 0.6) is 0 Å². The summed E-state index contributed by atoms with van der Waals surface area (Å²) in [5.41, 5.74) is 11.5. The molecule has 168 valence electrons. The molecule has 1 saturated heterocycles. The fourth-order valence-electron chi connectivity index (χ4n) is 4.14. The minimum Gasteiger partial charge on any atom is -0.382 e. The van der Waals surface area contributed by atoms with Gasteiger partial charge in [0.2, 0.25) is 0 Å². The van der Waals surface area contributed by atoms with Gasteiger partial charge in [0.05, 0.1) is 11.4 Å². The third-order valence-corrected chi connectivity index (χ3v) is 6.96. The predicted molar refractivity (Wildman–Crippen MR) is 135 cm³/mol.